The minimum Gasteiger partial charge on any atom is -0.383 e. The van der Waals surface area contributed by atoms with Gasteiger partial charge in [0, 0.05) is 40.4 Å². The number of hydrogen-bond acceptors (Lipinski definition) is 4. The Balaban J connectivity index is 2.53. The van der Waals surface area contributed by atoms with Gasteiger partial charge < -0.3 is 19.7 Å². The maximum Gasteiger partial charge on any atom is 0.0589 e. The molecule has 4 heteroatoms. The van der Waals surface area contributed by atoms with Gasteiger partial charge in [-0.3, -0.25) is 0 Å². The van der Waals surface area contributed by atoms with E-state index in [-0.39, 0.29) is 0 Å². The summed E-state index contributed by atoms with van der Waals surface area (Å²) in [5.41, 5.74) is 0.435. The number of ether oxygens (including phenoxy) is 2. The lowest BCUT2D eigenvalue weighted by atomic mass is 9.70. The molecule has 1 rings (SSSR count). The van der Waals surface area contributed by atoms with Crippen LogP contribution in [0.25, 0.3) is 0 Å². The van der Waals surface area contributed by atoms with Crippen molar-refractivity contribution in [2.75, 3.05) is 60.2 Å². The zero-order chi connectivity index (χ0) is 15.6. The van der Waals surface area contributed by atoms with E-state index in [1.807, 2.05) is 0 Å². The van der Waals surface area contributed by atoms with Crippen molar-refractivity contribution in [3.8, 4) is 0 Å². The number of methoxy groups -OCH3 is 2. The number of rotatable bonds is 11. The molecule has 126 valence electrons. The summed E-state index contributed by atoms with van der Waals surface area (Å²) in [7, 11) is 3.56. The second-order valence-electron chi connectivity index (χ2n) is 6.71. The van der Waals surface area contributed by atoms with Crippen molar-refractivity contribution < 1.29 is 9.47 Å². The van der Waals surface area contributed by atoms with Gasteiger partial charge in [-0.25, -0.2) is 0 Å². The highest BCUT2D eigenvalue weighted by Crippen LogP contribution is 2.39. The Morgan fingerprint density at radius 3 is 2.38 bits per heavy atom. The van der Waals surface area contributed by atoms with Crippen molar-refractivity contribution >= 4 is 0 Å². The second kappa shape index (κ2) is 10.5. The predicted octanol–water partition coefficient (Wildman–Crippen LogP) is 2.39. The van der Waals surface area contributed by atoms with Gasteiger partial charge in [-0.05, 0) is 30.7 Å². The molecule has 0 amide bonds. The molecule has 1 aliphatic rings. The molecule has 0 bridgehead atoms. The standard InChI is InChI=1S/C17H36N2O2/c1-5-19(11-13-21-4)15-17(14-18-10-12-20-3)8-6-16(2)7-9-17/h16,18H,5-15H2,1-4H3. The van der Waals surface area contributed by atoms with Crippen LogP contribution in [0.3, 0.4) is 0 Å². The largest absolute Gasteiger partial charge is 0.383 e. The molecule has 0 aromatic rings. The summed E-state index contributed by atoms with van der Waals surface area (Å²) in [4.78, 5) is 2.55. The molecule has 1 saturated carbocycles. The number of nitrogens with zero attached hydrogens (tertiary/aromatic N) is 1. The van der Waals surface area contributed by atoms with Gasteiger partial charge in [0.25, 0.3) is 0 Å². The van der Waals surface area contributed by atoms with Crippen LogP contribution >= 0.6 is 0 Å². The highest BCUT2D eigenvalue weighted by Gasteiger charge is 2.35. The lowest BCUT2D eigenvalue weighted by molar-refractivity contribution is 0.0694. The lowest BCUT2D eigenvalue weighted by Crippen LogP contribution is -2.47. The van der Waals surface area contributed by atoms with E-state index >= 15 is 0 Å². The topological polar surface area (TPSA) is 33.7 Å². The summed E-state index contributed by atoms with van der Waals surface area (Å²) in [5, 5.41) is 3.61. The van der Waals surface area contributed by atoms with E-state index in [4.69, 9.17) is 9.47 Å². The molecule has 0 aliphatic heterocycles. The molecule has 1 N–H and O–H groups in total. The Morgan fingerprint density at radius 2 is 1.81 bits per heavy atom. The fourth-order valence-electron chi connectivity index (χ4n) is 3.34. The van der Waals surface area contributed by atoms with Gasteiger partial charge in [-0.2, -0.15) is 0 Å². The Hall–Kier alpha value is -0.160. The summed E-state index contributed by atoms with van der Waals surface area (Å²) < 4.78 is 10.4. The van der Waals surface area contributed by atoms with Crippen LogP contribution in [0.1, 0.15) is 39.5 Å². The van der Waals surface area contributed by atoms with Crippen molar-refractivity contribution in [3.63, 3.8) is 0 Å². The molecule has 4 nitrogen and oxygen atoms in total. The van der Waals surface area contributed by atoms with Crippen LogP contribution in [0.2, 0.25) is 0 Å². The molecular formula is C17H36N2O2. The van der Waals surface area contributed by atoms with Crippen molar-refractivity contribution in [2.24, 2.45) is 11.3 Å². The smallest absolute Gasteiger partial charge is 0.0589 e. The highest BCUT2D eigenvalue weighted by molar-refractivity contribution is 4.89. The fraction of sp³-hybridized carbons (Fsp3) is 1.00. The number of nitrogens with one attached hydrogen (secondary N) is 1. The molecule has 0 atom stereocenters. The summed E-state index contributed by atoms with van der Waals surface area (Å²) in [6, 6.07) is 0. The van der Waals surface area contributed by atoms with Crippen LogP contribution in [0.5, 0.6) is 0 Å². The average molecular weight is 300 g/mol. The Bertz CT molecular complexity index is 253. The zero-order valence-electron chi connectivity index (χ0n) is 14.6. The van der Waals surface area contributed by atoms with Crippen LogP contribution in [0, 0.1) is 11.3 Å². The summed E-state index contributed by atoms with van der Waals surface area (Å²) in [6.07, 6.45) is 5.43. The first-order valence-electron chi connectivity index (χ1n) is 8.56. The van der Waals surface area contributed by atoms with Crippen LogP contribution < -0.4 is 5.32 Å². The van der Waals surface area contributed by atoms with Gasteiger partial charge in [-0.1, -0.05) is 26.7 Å². The molecule has 0 radical (unpaired) electrons. The third kappa shape index (κ3) is 7.09. The predicted molar refractivity (Wildman–Crippen MR) is 88.8 cm³/mol. The van der Waals surface area contributed by atoms with Crippen LogP contribution in [0.15, 0.2) is 0 Å². The van der Waals surface area contributed by atoms with Gasteiger partial charge >= 0.3 is 0 Å². The number of hydrogen-bond donors (Lipinski definition) is 1. The van der Waals surface area contributed by atoms with Gasteiger partial charge in [0.05, 0.1) is 13.2 Å². The van der Waals surface area contributed by atoms with E-state index in [2.05, 4.69) is 24.1 Å². The molecule has 0 aromatic heterocycles. The molecule has 0 unspecified atom stereocenters. The molecule has 0 saturated heterocycles. The molecule has 21 heavy (non-hydrogen) atoms. The van der Waals surface area contributed by atoms with E-state index in [0.29, 0.717) is 5.41 Å². The highest BCUT2D eigenvalue weighted by atomic mass is 16.5. The second-order valence-corrected chi connectivity index (χ2v) is 6.71. The van der Waals surface area contributed by atoms with Gasteiger partial charge in [0.1, 0.15) is 0 Å². The van der Waals surface area contributed by atoms with Crippen LogP contribution in [-0.2, 0) is 9.47 Å². The van der Waals surface area contributed by atoms with E-state index in [0.717, 1.165) is 45.3 Å². The van der Waals surface area contributed by atoms with E-state index in [1.165, 1.54) is 32.2 Å². The monoisotopic (exact) mass is 300 g/mol. The zero-order valence-corrected chi connectivity index (χ0v) is 14.6. The van der Waals surface area contributed by atoms with Crippen molar-refractivity contribution in [2.45, 2.75) is 39.5 Å². The number of likely N-dealkylation sites (N-methyl/N-ethyl adjacent to an activating group) is 1. The van der Waals surface area contributed by atoms with E-state index in [9.17, 15) is 0 Å². The molecule has 0 heterocycles. The minimum absolute atomic E-state index is 0.435. The van der Waals surface area contributed by atoms with Crippen LogP contribution in [-0.4, -0.2) is 65.1 Å². The van der Waals surface area contributed by atoms with Crippen molar-refractivity contribution in [1.82, 2.24) is 10.2 Å². The Kier molecular flexibility index (Phi) is 9.49. The summed E-state index contributed by atoms with van der Waals surface area (Å²) in [5.74, 6) is 0.895. The van der Waals surface area contributed by atoms with Gasteiger partial charge in [0.15, 0.2) is 0 Å². The maximum atomic E-state index is 5.25. The normalized spacial score (nSPS) is 26.4. The molecule has 1 fully saturated rings. The molecule has 0 spiro atoms. The van der Waals surface area contributed by atoms with Crippen molar-refractivity contribution in [1.29, 1.82) is 0 Å². The van der Waals surface area contributed by atoms with Gasteiger partial charge in [0.2, 0.25) is 0 Å². The third-order valence-electron chi connectivity index (χ3n) is 4.94. The molecular weight excluding hydrogens is 264 g/mol. The quantitative estimate of drug-likeness (QED) is 0.594. The first kappa shape index (κ1) is 18.9. The fourth-order valence-corrected chi connectivity index (χ4v) is 3.34. The third-order valence-corrected chi connectivity index (χ3v) is 4.94. The SMILES string of the molecule is CCN(CCOC)CC1(CNCCOC)CCC(C)CC1. The van der Waals surface area contributed by atoms with Crippen molar-refractivity contribution in [3.05, 3.63) is 0 Å². The lowest BCUT2D eigenvalue weighted by Gasteiger charge is -2.43. The van der Waals surface area contributed by atoms with Crippen LogP contribution in [0.4, 0.5) is 0 Å². The minimum atomic E-state index is 0.435. The Labute approximate surface area is 131 Å². The average Bonchev–Trinajstić information content (AvgIpc) is 2.51. The molecule has 1 aliphatic carbocycles. The summed E-state index contributed by atoms with van der Waals surface area (Å²) in [6.45, 7) is 11.7. The van der Waals surface area contributed by atoms with Gasteiger partial charge in [-0.15, -0.1) is 0 Å². The summed E-state index contributed by atoms with van der Waals surface area (Å²) >= 11 is 0. The van der Waals surface area contributed by atoms with E-state index in [1.54, 1.807) is 14.2 Å². The first-order chi connectivity index (χ1) is 10.2. The maximum absolute atomic E-state index is 5.25. The molecule has 0 aromatic carbocycles. The Morgan fingerprint density at radius 1 is 1.14 bits per heavy atom. The first-order valence-corrected chi connectivity index (χ1v) is 8.56. The van der Waals surface area contributed by atoms with E-state index < -0.39 is 0 Å².